The molecule has 1 aliphatic carbocycles. The predicted molar refractivity (Wildman–Crippen MR) is 112 cm³/mol. The molecule has 1 aliphatic heterocycles. The van der Waals surface area contributed by atoms with E-state index in [4.69, 9.17) is 14.2 Å². The molecule has 1 N–H and O–H groups in total. The van der Waals surface area contributed by atoms with E-state index in [-0.39, 0.29) is 12.2 Å². The fourth-order valence-corrected chi connectivity index (χ4v) is 5.11. The van der Waals surface area contributed by atoms with Crippen LogP contribution in [0.15, 0.2) is 36.4 Å². The first kappa shape index (κ1) is 20.0. The molecule has 0 saturated heterocycles. The summed E-state index contributed by atoms with van der Waals surface area (Å²) in [5.74, 6) is 1.73. The SMILES string of the molecule is COc1cc2c(cc1OC)[C@H]1CCCC[C@H]1O[C@H]2c1cccc(NS(C)(=O)=O)c1. The second-order valence-corrected chi connectivity index (χ2v) is 9.53. The number of fused-ring (bicyclic) bond motifs is 3. The molecule has 3 atom stereocenters. The van der Waals surface area contributed by atoms with Crippen molar-refractivity contribution in [3.63, 3.8) is 0 Å². The van der Waals surface area contributed by atoms with Crippen molar-refractivity contribution < 1.29 is 22.6 Å². The molecule has 29 heavy (non-hydrogen) atoms. The van der Waals surface area contributed by atoms with E-state index in [0.717, 1.165) is 42.4 Å². The highest BCUT2D eigenvalue weighted by atomic mass is 32.2. The zero-order chi connectivity index (χ0) is 20.6. The van der Waals surface area contributed by atoms with Crippen LogP contribution < -0.4 is 14.2 Å². The Kier molecular flexibility index (Phi) is 5.44. The minimum absolute atomic E-state index is 0.144. The van der Waals surface area contributed by atoms with Crippen LogP contribution in [0.25, 0.3) is 0 Å². The zero-order valence-corrected chi connectivity index (χ0v) is 17.8. The number of sulfonamides is 1. The Morgan fingerprint density at radius 3 is 2.38 bits per heavy atom. The van der Waals surface area contributed by atoms with Crippen LogP contribution in [0.1, 0.15) is 54.4 Å². The lowest BCUT2D eigenvalue weighted by atomic mass is 9.76. The van der Waals surface area contributed by atoms with E-state index in [9.17, 15) is 8.42 Å². The zero-order valence-electron chi connectivity index (χ0n) is 17.0. The van der Waals surface area contributed by atoms with Gasteiger partial charge in [-0.3, -0.25) is 4.72 Å². The van der Waals surface area contributed by atoms with Crippen molar-refractivity contribution in [1.29, 1.82) is 0 Å². The monoisotopic (exact) mass is 417 g/mol. The molecule has 7 heteroatoms. The minimum atomic E-state index is -3.35. The fraction of sp³-hybridized carbons (Fsp3) is 0.455. The minimum Gasteiger partial charge on any atom is -0.493 e. The van der Waals surface area contributed by atoms with Gasteiger partial charge in [-0.05, 0) is 53.8 Å². The second kappa shape index (κ2) is 7.88. The van der Waals surface area contributed by atoms with Crippen LogP contribution in [0.4, 0.5) is 5.69 Å². The standard InChI is InChI=1S/C22H27NO5S/c1-26-20-12-17-16-9-4-5-10-19(16)28-22(18(17)13-21(20)27-2)14-7-6-8-15(11-14)23-29(3,24)25/h6-8,11-13,16,19,22-23H,4-5,9-10H2,1-3H3/t16-,19-,22+/m1/s1. The maximum atomic E-state index is 11.7. The summed E-state index contributed by atoms with van der Waals surface area (Å²) in [6.45, 7) is 0. The third-order valence-corrected chi connectivity index (χ3v) is 6.38. The van der Waals surface area contributed by atoms with Crippen molar-refractivity contribution in [3.8, 4) is 11.5 Å². The summed E-state index contributed by atoms with van der Waals surface area (Å²) >= 11 is 0. The number of methoxy groups -OCH3 is 2. The Hall–Kier alpha value is -2.25. The maximum Gasteiger partial charge on any atom is 0.229 e. The smallest absolute Gasteiger partial charge is 0.229 e. The lowest BCUT2D eigenvalue weighted by molar-refractivity contribution is -0.0391. The van der Waals surface area contributed by atoms with Crippen LogP contribution >= 0.6 is 0 Å². The van der Waals surface area contributed by atoms with Crippen LogP contribution in [-0.4, -0.2) is 35.0 Å². The van der Waals surface area contributed by atoms with Gasteiger partial charge in [0.25, 0.3) is 0 Å². The molecule has 0 radical (unpaired) electrons. The number of hydrogen-bond acceptors (Lipinski definition) is 5. The molecule has 0 bridgehead atoms. The Bertz CT molecular complexity index is 1000. The van der Waals surface area contributed by atoms with E-state index in [1.807, 2.05) is 24.3 Å². The summed E-state index contributed by atoms with van der Waals surface area (Å²) < 4.78 is 43.5. The van der Waals surface area contributed by atoms with Crippen molar-refractivity contribution in [2.45, 2.75) is 43.8 Å². The molecule has 6 nitrogen and oxygen atoms in total. The van der Waals surface area contributed by atoms with Gasteiger partial charge in [-0.2, -0.15) is 0 Å². The third-order valence-electron chi connectivity index (χ3n) is 5.78. The quantitative estimate of drug-likeness (QED) is 0.788. The first-order chi connectivity index (χ1) is 13.9. The van der Waals surface area contributed by atoms with Gasteiger partial charge in [0.15, 0.2) is 11.5 Å². The average Bonchev–Trinajstić information content (AvgIpc) is 2.71. The molecule has 2 aromatic carbocycles. The van der Waals surface area contributed by atoms with Crippen LogP contribution in [0, 0.1) is 0 Å². The summed E-state index contributed by atoms with van der Waals surface area (Å²) in [5, 5.41) is 0. The van der Waals surface area contributed by atoms with Crippen molar-refractivity contribution in [2.24, 2.45) is 0 Å². The van der Waals surface area contributed by atoms with Gasteiger partial charge in [-0.1, -0.05) is 25.0 Å². The summed E-state index contributed by atoms with van der Waals surface area (Å²) in [5.41, 5.74) is 3.74. The lowest BCUT2D eigenvalue weighted by Gasteiger charge is -2.41. The number of ether oxygens (including phenoxy) is 3. The van der Waals surface area contributed by atoms with Gasteiger partial charge in [0.2, 0.25) is 10.0 Å². The van der Waals surface area contributed by atoms with E-state index in [2.05, 4.69) is 10.8 Å². The van der Waals surface area contributed by atoms with Gasteiger partial charge in [0.1, 0.15) is 6.10 Å². The molecule has 1 heterocycles. The normalized spacial score (nSPS) is 23.6. The van der Waals surface area contributed by atoms with Crippen LogP contribution in [-0.2, 0) is 14.8 Å². The average molecular weight is 418 g/mol. The molecular formula is C22H27NO5S. The molecule has 2 aromatic rings. The first-order valence-electron chi connectivity index (χ1n) is 9.88. The number of nitrogens with one attached hydrogen (secondary N) is 1. The molecule has 0 spiro atoms. The van der Waals surface area contributed by atoms with Gasteiger partial charge in [0, 0.05) is 11.6 Å². The van der Waals surface area contributed by atoms with Crippen LogP contribution in [0.5, 0.6) is 11.5 Å². The van der Waals surface area contributed by atoms with Gasteiger partial charge in [-0.25, -0.2) is 8.42 Å². The van der Waals surface area contributed by atoms with Gasteiger partial charge >= 0.3 is 0 Å². The predicted octanol–water partition coefficient (Wildman–Crippen LogP) is 4.22. The molecule has 0 aromatic heterocycles. The van der Waals surface area contributed by atoms with Gasteiger partial charge in [0.05, 0.1) is 26.6 Å². The largest absolute Gasteiger partial charge is 0.493 e. The highest BCUT2D eigenvalue weighted by molar-refractivity contribution is 7.92. The highest BCUT2D eigenvalue weighted by Crippen LogP contribution is 2.49. The molecule has 156 valence electrons. The van der Waals surface area contributed by atoms with Crippen molar-refractivity contribution >= 4 is 15.7 Å². The second-order valence-electron chi connectivity index (χ2n) is 7.78. The highest BCUT2D eigenvalue weighted by Gasteiger charge is 2.38. The van der Waals surface area contributed by atoms with E-state index < -0.39 is 10.0 Å². The van der Waals surface area contributed by atoms with E-state index in [1.165, 1.54) is 12.0 Å². The molecule has 1 fully saturated rings. The lowest BCUT2D eigenvalue weighted by Crippen LogP contribution is -2.33. The molecule has 0 unspecified atom stereocenters. The number of anilines is 1. The topological polar surface area (TPSA) is 73.9 Å². The molecular weight excluding hydrogens is 390 g/mol. The summed E-state index contributed by atoms with van der Waals surface area (Å²) in [7, 11) is -0.0707. The van der Waals surface area contributed by atoms with E-state index in [0.29, 0.717) is 17.4 Å². The van der Waals surface area contributed by atoms with Crippen molar-refractivity contribution in [1.82, 2.24) is 0 Å². The molecule has 1 saturated carbocycles. The number of rotatable bonds is 5. The Balaban J connectivity index is 1.81. The first-order valence-corrected chi connectivity index (χ1v) is 11.8. The van der Waals surface area contributed by atoms with Crippen molar-refractivity contribution in [3.05, 3.63) is 53.1 Å². The summed E-state index contributed by atoms with van der Waals surface area (Å²) in [4.78, 5) is 0. The molecule has 0 amide bonds. The van der Waals surface area contributed by atoms with Crippen LogP contribution in [0.2, 0.25) is 0 Å². The van der Waals surface area contributed by atoms with Crippen LogP contribution in [0.3, 0.4) is 0 Å². The van der Waals surface area contributed by atoms with Gasteiger partial charge < -0.3 is 14.2 Å². The molecule has 4 rings (SSSR count). The Morgan fingerprint density at radius 2 is 1.69 bits per heavy atom. The van der Waals surface area contributed by atoms with E-state index in [1.54, 1.807) is 20.3 Å². The summed E-state index contributed by atoms with van der Waals surface area (Å²) in [6, 6.07) is 11.5. The summed E-state index contributed by atoms with van der Waals surface area (Å²) in [6.07, 6.45) is 5.47. The number of hydrogen-bond donors (Lipinski definition) is 1. The van der Waals surface area contributed by atoms with Crippen molar-refractivity contribution in [2.75, 3.05) is 25.2 Å². The maximum absolute atomic E-state index is 11.7. The Morgan fingerprint density at radius 1 is 1.00 bits per heavy atom. The third kappa shape index (κ3) is 4.07. The molecule has 2 aliphatic rings. The van der Waals surface area contributed by atoms with E-state index >= 15 is 0 Å². The fourth-order valence-electron chi connectivity index (χ4n) is 4.56. The van der Waals surface area contributed by atoms with Gasteiger partial charge in [-0.15, -0.1) is 0 Å². The number of benzene rings is 2. The Labute approximate surface area is 172 Å².